The number of carbonyl (C=O) groups is 1. The SMILES string of the molecule is O=C(NN=Cc1c(Cl)cccc1Cl)c1ccccc1O. The zero-order valence-electron chi connectivity index (χ0n) is 10.2. The highest BCUT2D eigenvalue weighted by atomic mass is 35.5. The molecule has 1 amide bonds. The molecule has 0 fully saturated rings. The maximum absolute atomic E-state index is 11.8. The van der Waals surface area contributed by atoms with Crippen LogP contribution < -0.4 is 5.43 Å². The summed E-state index contributed by atoms with van der Waals surface area (Å²) in [5.74, 6) is -0.640. The Balaban J connectivity index is 2.11. The van der Waals surface area contributed by atoms with Gasteiger partial charge in [-0.05, 0) is 24.3 Å². The van der Waals surface area contributed by atoms with Crippen molar-refractivity contribution in [2.45, 2.75) is 0 Å². The van der Waals surface area contributed by atoms with Crippen molar-refractivity contribution in [2.24, 2.45) is 5.10 Å². The quantitative estimate of drug-likeness (QED) is 0.674. The number of halogens is 2. The van der Waals surface area contributed by atoms with Gasteiger partial charge in [0.2, 0.25) is 0 Å². The number of aromatic hydroxyl groups is 1. The number of benzene rings is 2. The number of para-hydroxylation sites is 1. The highest BCUT2D eigenvalue weighted by Crippen LogP contribution is 2.22. The molecule has 0 atom stereocenters. The van der Waals surface area contributed by atoms with Gasteiger partial charge in [0.25, 0.3) is 5.91 Å². The van der Waals surface area contributed by atoms with E-state index >= 15 is 0 Å². The van der Waals surface area contributed by atoms with Gasteiger partial charge < -0.3 is 5.11 Å². The molecule has 2 aromatic carbocycles. The van der Waals surface area contributed by atoms with Gasteiger partial charge in [-0.25, -0.2) is 5.43 Å². The van der Waals surface area contributed by atoms with Crippen LogP contribution in [0.3, 0.4) is 0 Å². The van der Waals surface area contributed by atoms with Crippen LogP contribution in [-0.2, 0) is 0 Å². The van der Waals surface area contributed by atoms with Crippen molar-refractivity contribution in [3.63, 3.8) is 0 Å². The summed E-state index contributed by atoms with van der Waals surface area (Å²) in [6.45, 7) is 0. The molecule has 2 rings (SSSR count). The van der Waals surface area contributed by atoms with E-state index in [4.69, 9.17) is 23.2 Å². The van der Waals surface area contributed by atoms with Crippen LogP contribution in [0.5, 0.6) is 5.75 Å². The molecule has 0 aliphatic heterocycles. The molecular formula is C14H10Cl2N2O2. The maximum atomic E-state index is 11.8. The molecule has 0 aliphatic rings. The summed E-state index contributed by atoms with van der Waals surface area (Å²) in [5, 5.41) is 14.2. The van der Waals surface area contributed by atoms with E-state index in [0.717, 1.165) is 0 Å². The molecule has 0 spiro atoms. The van der Waals surface area contributed by atoms with Crippen LogP contribution in [0.2, 0.25) is 10.0 Å². The minimum absolute atomic E-state index is 0.115. The maximum Gasteiger partial charge on any atom is 0.275 e. The molecule has 2 N–H and O–H groups in total. The Kier molecular flexibility index (Phi) is 4.61. The Morgan fingerprint density at radius 2 is 1.75 bits per heavy atom. The average molecular weight is 309 g/mol. The zero-order valence-corrected chi connectivity index (χ0v) is 11.7. The lowest BCUT2D eigenvalue weighted by Crippen LogP contribution is -2.17. The summed E-state index contributed by atoms with van der Waals surface area (Å²) in [6, 6.07) is 11.2. The molecule has 0 aliphatic carbocycles. The first-order valence-electron chi connectivity index (χ1n) is 5.65. The normalized spacial score (nSPS) is 10.7. The summed E-state index contributed by atoms with van der Waals surface area (Å²) < 4.78 is 0. The Bertz CT molecular complexity index is 652. The minimum Gasteiger partial charge on any atom is -0.507 e. The number of rotatable bonds is 3. The van der Waals surface area contributed by atoms with Crippen LogP contribution in [0.25, 0.3) is 0 Å². The number of amides is 1. The van der Waals surface area contributed by atoms with Crippen molar-refractivity contribution in [2.75, 3.05) is 0 Å². The second-order valence-corrected chi connectivity index (χ2v) is 4.67. The molecule has 102 valence electrons. The molecule has 0 saturated carbocycles. The summed E-state index contributed by atoms with van der Waals surface area (Å²) in [7, 11) is 0. The Morgan fingerprint density at radius 3 is 2.40 bits per heavy atom. The zero-order chi connectivity index (χ0) is 14.5. The Labute approximate surface area is 125 Å². The van der Waals surface area contributed by atoms with Crippen molar-refractivity contribution in [1.29, 1.82) is 0 Å². The first-order valence-corrected chi connectivity index (χ1v) is 6.40. The van der Waals surface area contributed by atoms with Crippen molar-refractivity contribution >= 4 is 35.3 Å². The monoisotopic (exact) mass is 308 g/mol. The fraction of sp³-hybridized carbons (Fsp3) is 0. The van der Waals surface area contributed by atoms with Gasteiger partial charge in [0.1, 0.15) is 5.75 Å². The highest BCUT2D eigenvalue weighted by Gasteiger charge is 2.09. The summed E-state index contributed by atoms with van der Waals surface area (Å²) in [4.78, 5) is 11.8. The summed E-state index contributed by atoms with van der Waals surface area (Å²) in [6.07, 6.45) is 1.35. The number of phenolic OH excluding ortho intramolecular Hbond substituents is 1. The molecule has 6 heteroatoms. The third-order valence-electron chi connectivity index (χ3n) is 2.51. The molecule has 0 bridgehead atoms. The minimum atomic E-state index is -0.525. The van der Waals surface area contributed by atoms with E-state index < -0.39 is 5.91 Å². The number of nitrogens with one attached hydrogen (secondary N) is 1. The second-order valence-electron chi connectivity index (χ2n) is 3.85. The van der Waals surface area contributed by atoms with E-state index in [1.165, 1.54) is 18.3 Å². The molecule has 20 heavy (non-hydrogen) atoms. The van der Waals surface area contributed by atoms with Gasteiger partial charge in [-0.1, -0.05) is 41.4 Å². The van der Waals surface area contributed by atoms with Crippen LogP contribution in [0.1, 0.15) is 15.9 Å². The third kappa shape index (κ3) is 3.29. The first kappa shape index (κ1) is 14.4. The summed E-state index contributed by atoms with van der Waals surface area (Å²) >= 11 is 11.9. The summed E-state index contributed by atoms with van der Waals surface area (Å²) in [5.41, 5.74) is 2.94. The molecule has 0 saturated heterocycles. The van der Waals surface area contributed by atoms with Gasteiger partial charge >= 0.3 is 0 Å². The number of hydrazone groups is 1. The van der Waals surface area contributed by atoms with Crippen LogP contribution in [0.15, 0.2) is 47.6 Å². The van der Waals surface area contributed by atoms with E-state index in [9.17, 15) is 9.90 Å². The first-order chi connectivity index (χ1) is 9.59. The Morgan fingerprint density at radius 1 is 1.10 bits per heavy atom. The highest BCUT2D eigenvalue weighted by molar-refractivity contribution is 6.38. The van der Waals surface area contributed by atoms with Crippen molar-refractivity contribution in [3.05, 3.63) is 63.6 Å². The van der Waals surface area contributed by atoms with Crippen molar-refractivity contribution in [3.8, 4) is 5.75 Å². The fourth-order valence-electron chi connectivity index (χ4n) is 1.52. The molecule has 2 aromatic rings. The molecule has 0 heterocycles. The van der Waals surface area contributed by atoms with E-state index in [-0.39, 0.29) is 11.3 Å². The fourth-order valence-corrected chi connectivity index (χ4v) is 2.01. The predicted molar refractivity (Wildman–Crippen MR) is 79.6 cm³/mol. The van der Waals surface area contributed by atoms with Crippen molar-refractivity contribution in [1.82, 2.24) is 5.43 Å². The van der Waals surface area contributed by atoms with Gasteiger partial charge in [0.05, 0.1) is 21.8 Å². The van der Waals surface area contributed by atoms with Gasteiger partial charge in [0.15, 0.2) is 0 Å². The van der Waals surface area contributed by atoms with Crippen LogP contribution in [-0.4, -0.2) is 17.2 Å². The Hall–Kier alpha value is -2.04. The van der Waals surface area contributed by atoms with Crippen LogP contribution in [0.4, 0.5) is 0 Å². The lowest BCUT2D eigenvalue weighted by molar-refractivity contribution is 0.0952. The second kappa shape index (κ2) is 6.41. The van der Waals surface area contributed by atoms with Crippen molar-refractivity contribution < 1.29 is 9.90 Å². The third-order valence-corrected chi connectivity index (χ3v) is 3.17. The van der Waals surface area contributed by atoms with E-state index in [2.05, 4.69) is 10.5 Å². The predicted octanol–water partition coefficient (Wildman–Crippen LogP) is 3.46. The lowest BCUT2D eigenvalue weighted by atomic mass is 10.2. The van der Waals surface area contributed by atoms with Crippen LogP contribution in [0, 0.1) is 0 Å². The lowest BCUT2D eigenvalue weighted by Gasteiger charge is -2.03. The largest absolute Gasteiger partial charge is 0.507 e. The smallest absolute Gasteiger partial charge is 0.275 e. The van der Waals surface area contributed by atoms with E-state index in [1.807, 2.05) is 0 Å². The van der Waals surface area contributed by atoms with E-state index in [1.54, 1.807) is 30.3 Å². The number of hydrogen-bond donors (Lipinski definition) is 2. The molecule has 4 nitrogen and oxygen atoms in total. The molecule has 0 unspecified atom stereocenters. The van der Waals surface area contributed by atoms with Gasteiger partial charge in [-0.15, -0.1) is 0 Å². The van der Waals surface area contributed by atoms with Crippen LogP contribution >= 0.6 is 23.2 Å². The van der Waals surface area contributed by atoms with Gasteiger partial charge in [-0.2, -0.15) is 5.10 Å². The molecule has 0 radical (unpaired) electrons. The topological polar surface area (TPSA) is 61.7 Å². The average Bonchev–Trinajstić information content (AvgIpc) is 2.42. The van der Waals surface area contributed by atoms with E-state index in [0.29, 0.717) is 15.6 Å². The molecule has 0 aromatic heterocycles. The number of hydrogen-bond acceptors (Lipinski definition) is 3. The number of carbonyl (C=O) groups excluding carboxylic acids is 1. The van der Waals surface area contributed by atoms with Gasteiger partial charge in [0, 0.05) is 5.56 Å². The van der Waals surface area contributed by atoms with Gasteiger partial charge in [-0.3, -0.25) is 4.79 Å². The molecular weight excluding hydrogens is 299 g/mol. The number of phenols is 1. The number of nitrogens with zero attached hydrogens (tertiary/aromatic N) is 1. The standard InChI is InChI=1S/C14H10Cl2N2O2/c15-11-5-3-6-12(16)10(11)8-17-18-14(20)9-4-1-2-7-13(9)19/h1-8,19H,(H,18,20).